The number of fused-ring (bicyclic) bond motifs is 3. The zero-order valence-corrected chi connectivity index (χ0v) is 16.9. The zero-order valence-electron chi connectivity index (χ0n) is 16.9. The third-order valence-electron chi connectivity index (χ3n) is 6.35. The molecule has 4 fully saturated rings. The van der Waals surface area contributed by atoms with Crippen LogP contribution in [0.2, 0.25) is 0 Å². The molecule has 1 aromatic rings. The highest BCUT2D eigenvalue weighted by molar-refractivity contribution is 5.93. The molecule has 0 spiro atoms. The van der Waals surface area contributed by atoms with Gasteiger partial charge in [-0.2, -0.15) is 0 Å². The van der Waals surface area contributed by atoms with Gasteiger partial charge in [-0.3, -0.25) is 9.59 Å². The lowest BCUT2D eigenvalue weighted by atomic mass is 9.85. The molecular weight excluding hydrogens is 392 g/mol. The van der Waals surface area contributed by atoms with Crippen molar-refractivity contribution in [2.45, 2.75) is 74.7 Å². The van der Waals surface area contributed by atoms with Crippen LogP contribution >= 0.6 is 0 Å². The number of carbonyl (C=O) groups excluding carboxylic acids is 2. The Hall–Kier alpha value is -1.84. The van der Waals surface area contributed by atoms with Gasteiger partial charge in [-0.05, 0) is 18.4 Å². The highest BCUT2D eigenvalue weighted by Crippen LogP contribution is 2.50. The summed E-state index contributed by atoms with van der Waals surface area (Å²) in [6.45, 7) is 0.785. The Labute approximate surface area is 174 Å². The first kappa shape index (κ1) is 20.1. The van der Waals surface area contributed by atoms with E-state index in [2.05, 4.69) is 0 Å². The SMILES string of the molecule is COC(=O)C[C@H]1CC[C@@H]2O[C@H]3C(=O)[C@@]4(CCOCc5ccccc5)O[C@@H]([C@H]2O1)[C@@H]3O4. The van der Waals surface area contributed by atoms with Crippen LogP contribution < -0.4 is 0 Å². The van der Waals surface area contributed by atoms with Crippen molar-refractivity contribution in [1.29, 1.82) is 0 Å². The fraction of sp³-hybridized carbons (Fsp3) is 0.636. The summed E-state index contributed by atoms with van der Waals surface area (Å²) >= 11 is 0. The molecule has 7 atom stereocenters. The van der Waals surface area contributed by atoms with Crippen molar-refractivity contribution in [3.05, 3.63) is 35.9 Å². The Morgan fingerprint density at radius 2 is 1.90 bits per heavy atom. The molecule has 0 aliphatic carbocycles. The van der Waals surface area contributed by atoms with Gasteiger partial charge in [0.2, 0.25) is 11.6 Å². The van der Waals surface area contributed by atoms with Crippen LogP contribution in [0.3, 0.4) is 0 Å². The van der Waals surface area contributed by atoms with Crippen molar-refractivity contribution in [3.63, 3.8) is 0 Å². The van der Waals surface area contributed by atoms with E-state index in [0.29, 0.717) is 32.5 Å². The maximum atomic E-state index is 13.0. The minimum absolute atomic E-state index is 0.165. The van der Waals surface area contributed by atoms with E-state index in [1.807, 2.05) is 30.3 Å². The van der Waals surface area contributed by atoms with Gasteiger partial charge in [0, 0.05) is 6.42 Å². The Kier molecular flexibility index (Phi) is 5.37. The molecule has 0 saturated carbocycles. The number of benzene rings is 1. The van der Waals surface area contributed by atoms with Gasteiger partial charge in [-0.25, -0.2) is 0 Å². The number of ether oxygens (including phenoxy) is 6. The Bertz CT molecular complexity index is 798. The lowest BCUT2D eigenvalue weighted by molar-refractivity contribution is -0.255. The number of Topliss-reactive ketones (excluding diaryl/α,β-unsaturated/α-hetero) is 1. The lowest BCUT2D eigenvalue weighted by Crippen LogP contribution is -2.64. The van der Waals surface area contributed by atoms with Crippen molar-refractivity contribution in [2.24, 2.45) is 0 Å². The van der Waals surface area contributed by atoms with E-state index in [-0.39, 0.29) is 42.6 Å². The molecule has 8 heteroatoms. The van der Waals surface area contributed by atoms with Gasteiger partial charge < -0.3 is 28.4 Å². The van der Waals surface area contributed by atoms with Gasteiger partial charge in [0.05, 0.1) is 39.0 Å². The van der Waals surface area contributed by atoms with Gasteiger partial charge in [-0.15, -0.1) is 0 Å². The predicted octanol–water partition coefficient (Wildman–Crippen LogP) is 1.53. The van der Waals surface area contributed by atoms with Crippen LogP contribution in [0.1, 0.15) is 31.2 Å². The second kappa shape index (κ2) is 8.01. The summed E-state index contributed by atoms with van der Waals surface area (Å²) in [6.07, 6.45) is -0.470. The quantitative estimate of drug-likeness (QED) is 0.487. The molecule has 4 aliphatic heterocycles. The van der Waals surface area contributed by atoms with E-state index in [9.17, 15) is 9.59 Å². The van der Waals surface area contributed by atoms with Crippen LogP contribution in [0.5, 0.6) is 0 Å². The second-order valence-corrected chi connectivity index (χ2v) is 8.25. The van der Waals surface area contributed by atoms with Gasteiger partial charge in [0.15, 0.2) is 6.10 Å². The number of methoxy groups -OCH3 is 1. The van der Waals surface area contributed by atoms with Crippen LogP contribution in [0.15, 0.2) is 30.3 Å². The van der Waals surface area contributed by atoms with Crippen LogP contribution in [0.4, 0.5) is 0 Å². The highest BCUT2D eigenvalue weighted by Gasteiger charge is 2.70. The van der Waals surface area contributed by atoms with Gasteiger partial charge in [-0.1, -0.05) is 30.3 Å². The fourth-order valence-corrected chi connectivity index (χ4v) is 4.86. The molecule has 5 rings (SSSR count). The van der Waals surface area contributed by atoms with E-state index < -0.39 is 18.0 Å². The summed E-state index contributed by atoms with van der Waals surface area (Å²) in [6, 6.07) is 9.84. The molecule has 2 bridgehead atoms. The van der Waals surface area contributed by atoms with E-state index in [0.717, 1.165) is 5.56 Å². The molecule has 0 unspecified atom stereocenters. The summed E-state index contributed by atoms with van der Waals surface area (Å²) in [5.41, 5.74) is 1.06. The normalized spacial score (nSPS) is 39.0. The van der Waals surface area contributed by atoms with E-state index in [1.54, 1.807) is 0 Å². The van der Waals surface area contributed by atoms with Crippen LogP contribution in [-0.4, -0.2) is 67.9 Å². The molecule has 1 aromatic carbocycles. The first-order valence-corrected chi connectivity index (χ1v) is 10.5. The minimum atomic E-state index is -1.33. The molecule has 162 valence electrons. The minimum Gasteiger partial charge on any atom is -0.469 e. The first-order chi connectivity index (χ1) is 14.6. The summed E-state index contributed by atoms with van der Waals surface area (Å²) in [4.78, 5) is 24.6. The predicted molar refractivity (Wildman–Crippen MR) is 101 cm³/mol. The van der Waals surface area contributed by atoms with Gasteiger partial charge in [0.25, 0.3) is 0 Å². The molecule has 0 N–H and O–H groups in total. The maximum absolute atomic E-state index is 13.0. The second-order valence-electron chi connectivity index (χ2n) is 8.25. The zero-order chi connectivity index (χ0) is 20.7. The van der Waals surface area contributed by atoms with Crippen molar-refractivity contribution in [3.8, 4) is 0 Å². The number of hydrogen-bond donors (Lipinski definition) is 0. The van der Waals surface area contributed by atoms with Crippen LogP contribution in [0, 0.1) is 0 Å². The molecule has 4 saturated heterocycles. The van der Waals surface area contributed by atoms with Crippen LogP contribution in [-0.2, 0) is 44.6 Å². The molecule has 0 amide bonds. The molecule has 30 heavy (non-hydrogen) atoms. The number of hydrogen-bond acceptors (Lipinski definition) is 8. The third kappa shape index (κ3) is 3.46. The number of carbonyl (C=O) groups is 2. The number of ketones is 1. The van der Waals surface area contributed by atoms with Crippen molar-refractivity contribution >= 4 is 11.8 Å². The van der Waals surface area contributed by atoms with Crippen molar-refractivity contribution in [2.75, 3.05) is 13.7 Å². The molecule has 0 aromatic heterocycles. The highest BCUT2D eigenvalue weighted by atomic mass is 16.8. The molecular formula is C22H26O8. The van der Waals surface area contributed by atoms with Crippen molar-refractivity contribution in [1.82, 2.24) is 0 Å². The Morgan fingerprint density at radius 3 is 2.70 bits per heavy atom. The maximum Gasteiger partial charge on any atom is 0.308 e. The molecule has 8 nitrogen and oxygen atoms in total. The third-order valence-corrected chi connectivity index (χ3v) is 6.35. The largest absolute Gasteiger partial charge is 0.469 e. The molecule has 4 heterocycles. The van der Waals surface area contributed by atoms with Gasteiger partial charge in [0.1, 0.15) is 18.3 Å². The number of rotatable bonds is 7. The van der Waals surface area contributed by atoms with Gasteiger partial charge >= 0.3 is 5.97 Å². The average Bonchev–Trinajstić information content (AvgIpc) is 3.29. The fourth-order valence-electron chi connectivity index (χ4n) is 4.86. The monoisotopic (exact) mass is 418 g/mol. The van der Waals surface area contributed by atoms with E-state index in [1.165, 1.54) is 7.11 Å². The van der Waals surface area contributed by atoms with E-state index >= 15 is 0 Å². The summed E-state index contributed by atoms with van der Waals surface area (Å²) in [5.74, 6) is -1.80. The first-order valence-electron chi connectivity index (χ1n) is 10.5. The van der Waals surface area contributed by atoms with Crippen molar-refractivity contribution < 1.29 is 38.0 Å². The number of esters is 1. The Morgan fingerprint density at radius 1 is 1.10 bits per heavy atom. The molecule has 4 aliphatic rings. The van der Waals surface area contributed by atoms with E-state index in [4.69, 9.17) is 28.4 Å². The van der Waals surface area contributed by atoms with Crippen LogP contribution in [0.25, 0.3) is 0 Å². The topological polar surface area (TPSA) is 89.5 Å². The average molecular weight is 418 g/mol. The Balaban J connectivity index is 1.21. The summed E-state index contributed by atoms with van der Waals surface area (Å²) < 4.78 is 34.9. The molecule has 0 radical (unpaired) electrons. The summed E-state index contributed by atoms with van der Waals surface area (Å²) in [5, 5.41) is 0. The summed E-state index contributed by atoms with van der Waals surface area (Å²) in [7, 11) is 1.37. The lowest BCUT2D eigenvalue weighted by Gasteiger charge is -2.47. The smallest absolute Gasteiger partial charge is 0.308 e. The standard InChI is InChI=1S/C22H26O8/c1-25-16(23)11-14-7-8-15-17(27-14)18-19-20(28-15)21(24)22(29-18,30-19)9-10-26-12-13-5-3-2-4-6-13/h2-6,14-15,17-20H,7-12H2,1H3/t14-,15+,17+,18+,19+,20-,22+/m1/s1.